The number of carbonyl (C=O) groups excluding carboxylic acids is 3. The molecule has 222 valence electrons. The van der Waals surface area contributed by atoms with Gasteiger partial charge in [-0.3, -0.25) is 19.3 Å². The van der Waals surface area contributed by atoms with E-state index in [2.05, 4.69) is 19.2 Å². The molecule has 41 heavy (non-hydrogen) atoms. The average Bonchev–Trinajstić information content (AvgIpc) is 2.86. The van der Waals surface area contributed by atoms with E-state index >= 15 is 0 Å². The number of hydrogen-bond acceptors (Lipinski definition) is 10. The number of phenols is 1. The van der Waals surface area contributed by atoms with Crippen LogP contribution in [0.4, 0.5) is 5.69 Å². The first-order valence-electron chi connectivity index (χ1n) is 14.0. The zero-order chi connectivity index (χ0) is 30.3. The van der Waals surface area contributed by atoms with E-state index in [0.29, 0.717) is 17.7 Å². The lowest BCUT2D eigenvalue weighted by atomic mass is 9.58. The van der Waals surface area contributed by atoms with E-state index < -0.39 is 58.0 Å². The predicted molar refractivity (Wildman–Crippen MR) is 152 cm³/mol. The number of anilines is 1. The van der Waals surface area contributed by atoms with Crippen LogP contribution in [0.25, 0.3) is 0 Å². The van der Waals surface area contributed by atoms with Gasteiger partial charge in [0, 0.05) is 49.4 Å². The van der Waals surface area contributed by atoms with Crippen LogP contribution >= 0.6 is 0 Å². The van der Waals surface area contributed by atoms with Gasteiger partial charge in [0.05, 0.1) is 11.6 Å². The number of Topliss-reactive ketones (excluding diaryl/α,β-unsaturated/α-hetero) is 2. The number of nitrogens with two attached hydrogens (primary N) is 1. The number of carbonyl (C=O) groups is 3. The number of nitrogens with zero attached hydrogens (tertiary/aromatic N) is 2. The summed E-state index contributed by atoms with van der Waals surface area (Å²) in [6.07, 6.45) is 2.41. The fourth-order valence-electron chi connectivity index (χ4n) is 7.36. The molecule has 1 fully saturated rings. The summed E-state index contributed by atoms with van der Waals surface area (Å²) in [4.78, 5) is 43.2. The number of aromatic hydroxyl groups is 1. The summed E-state index contributed by atoms with van der Waals surface area (Å²) < 4.78 is 0. The SMILES string of the molecule is CN(C)c1cc(CNC2CCC2(C)C)c(O)c2c1C[C@H]1C[C@H]3[C@H](N(C)C)C(O)=C(C(N)=O)C(=O)[C@@]3(O)C(O)=C1C2=O. The molecule has 5 rings (SSSR count). The number of amides is 1. The molecule has 1 aromatic carbocycles. The number of likely N-dealkylation sites (N-methyl/N-ethyl adjacent to an activating group) is 1. The number of primary amides is 1. The molecular weight excluding hydrogens is 528 g/mol. The first-order valence-corrected chi connectivity index (χ1v) is 14.0. The van der Waals surface area contributed by atoms with Gasteiger partial charge in [-0.15, -0.1) is 0 Å². The topological polar surface area (TPSA) is 177 Å². The quantitative estimate of drug-likeness (QED) is 0.276. The van der Waals surface area contributed by atoms with Gasteiger partial charge in [-0.25, -0.2) is 0 Å². The van der Waals surface area contributed by atoms with E-state index in [1.54, 1.807) is 14.1 Å². The van der Waals surface area contributed by atoms with Crippen LogP contribution in [0.1, 0.15) is 54.6 Å². The predicted octanol–water partition coefficient (Wildman–Crippen LogP) is 1.46. The molecule has 0 spiro atoms. The van der Waals surface area contributed by atoms with Gasteiger partial charge < -0.3 is 36.4 Å². The highest BCUT2D eigenvalue weighted by atomic mass is 16.3. The summed E-state index contributed by atoms with van der Waals surface area (Å²) in [5, 5.41) is 49.2. The largest absolute Gasteiger partial charge is 0.510 e. The van der Waals surface area contributed by atoms with Crippen molar-refractivity contribution >= 4 is 23.2 Å². The molecule has 1 unspecified atom stereocenters. The second-order valence-electron chi connectivity index (χ2n) is 13.1. The molecule has 0 bridgehead atoms. The normalized spacial score (nSPS) is 30.5. The van der Waals surface area contributed by atoms with Crippen LogP contribution in [0.5, 0.6) is 5.75 Å². The van der Waals surface area contributed by atoms with Gasteiger partial charge in [-0.05, 0) is 62.7 Å². The minimum absolute atomic E-state index is 0.0293. The lowest BCUT2D eigenvalue weighted by Gasteiger charge is -2.50. The molecule has 0 heterocycles. The first-order chi connectivity index (χ1) is 19.0. The fraction of sp³-hybridized carbons (Fsp3) is 0.567. The van der Waals surface area contributed by atoms with Gasteiger partial charge >= 0.3 is 0 Å². The Bertz CT molecular complexity index is 1430. The minimum atomic E-state index is -2.65. The second kappa shape index (κ2) is 9.57. The van der Waals surface area contributed by atoms with Gasteiger partial charge in [-0.1, -0.05) is 13.8 Å². The molecule has 4 aliphatic carbocycles. The van der Waals surface area contributed by atoms with Crippen LogP contribution in [-0.4, -0.2) is 88.7 Å². The molecule has 11 heteroatoms. The van der Waals surface area contributed by atoms with Crippen molar-refractivity contribution in [1.29, 1.82) is 0 Å². The van der Waals surface area contributed by atoms with Crippen molar-refractivity contribution in [1.82, 2.24) is 10.2 Å². The number of ketones is 2. The van der Waals surface area contributed by atoms with Gasteiger partial charge in [0.15, 0.2) is 11.4 Å². The Morgan fingerprint density at radius 3 is 2.32 bits per heavy atom. The maximum absolute atomic E-state index is 14.1. The smallest absolute Gasteiger partial charge is 0.255 e. The summed E-state index contributed by atoms with van der Waals surface area (Å²) in [7, 11) is 6.91. The molecule has 11 nitrogen and oxygen atoms in total. The fourth-order valence-corrected chi connectivity index (χ4v) is 7.36. The Kier molecular flexibility index (Phi) is 6.79. The van der Waals surface area contributed by atoms with Crippen LogP contribution in [0.3, 0.4) is 0 Å². The highest BCUT2D eigenvalue weighted by molar-refractivity contribution is 6.24. The molecule has 7 N–H and O–H groups in total. The van der Waals surface area contributed by atoms with Gasteiger partial charge in [0.2, 0.25) is 5.78 Å². The Hall–Kier alpha value is -3.41. The minimum Gasteiger partial charge on any atom is -0.510 e. The van der Waals surface area contributed by atoms with Crippen molar-refractivity contribution in [3.05, 3.63) is 45.4 Å². The summed E-state index contributed by atoms with van der Waals surface area (Å²) >= 11 is 0. The van der Waals surface area contributed by atoms with Crippen molar-refractivity contribution in [2.24, 2.45) is 23.0 Å². The molecular formula is C30H40N4O7. The lowest BCUT2D eigenvalue weighted by Crippen LogP contribution is -2.63. The average molecular weight is 569 g/mol. The van der Waals surface area contributed by atoms with Gasteiger partial charge in [0.25, 0.3) is 5.91 Å². The third-order valence-corrected chi connectivity index (χ3v) is 9.82. The van der Waals surface area contributed by atoms with Crippen molar-refractivity contribution in [2.75, 3.05) is 33.1 Å². The third kappa shape index (κ3) is 4.08. The van der Waals surface area contributed by atoms with Crippen molar-refractivity contribution in [3.8, 4) is 5.75 Å². The molecule has 4 aliphatic rings. The number of benzene rings is 1. The van der Waals surface area contributed by atoms with Crippen LogP contribution in [-0.2, 0) is 22.6 Å². The summed E-state index contributed by atoms with van der Waals surface area (Å²) in [5.41, 5.74) is 3.82. The zero-order valence-electron chi connectivity index (χ0n) is 24.4. The molecule has 1 amide bonds. The van der Waals surface area contributed by atoms with Crippen molar-refractivity contribution in [2.45, 2.75) is 63.8 Å². The summed E-state index contributed by atoms with van der Waals surface area (Å²) in [6.45, 7) is 4.69. The highest BCUT2D eigenvalue weighted by Gasteiger charge is 2.63. The molecule has 0 aliphatic heterocycles. The summed E-state index contributed by atoms with van der Waals surface area (Å²) in [5.74, 6) is -6.48. The number of hydrogen-bond donors (Lipinski definition) is 6. The first kappa shape index (κ1) is 29.1. The van der Waals surface area contributed by atoms with E-state index in [-0.39, 0.29) is 41.2 Å². The monoisotopic (exact) mass is 568 g/mol. The van der Waals surface area contributed by atoms with E-state index in [4.69, 9.17) is 5.73 Å². The number of fused-ring (bicyclic) bond motifs is 3. The number of phenolic OH excluding ortho intramolecular Hbond substituents is 1. The van der Waals surface area contributed by atoms with Crippen LogP contribution in [0, 0.1) is 17.3 Å². The maximum atomic E-state index is 14.1. The van der Waals surface area contributed by atoms with E-state index in [9.17, 15) is 34.8 Å². The zero-order valence-corrected chi connectivity index (χ0v) is 24.4. The summed E-state index contributed by atoms with van der Waals surface area (Å²) in [6, 6.07) is 1.11. The van der Waals surface area contributed by atoms with Crippen molar-refractivity contribution < 1.29 is 34.8 Å². The molecule has 0 radical (unpaired) electrons. The molecule has 5 atom stereocenters. The van der Waals surface area contributed by atoms with Gasteiger partial charge in [-0.2, -0.15) is 0 Å². The number of aliphatic hydroxyl groups is 3. The number of rotatable bonds is 6. The molecule has 1 saturated carbocycles. The molecule has 1 aromatic rings. The number of allylic oxidation sites excluding steroid dienone is 1. The Balaban J connectivity index is 1.64. The number of aliphatic hydroxyl groups excluding tert-OH is 2. The lowest BCUT2D eigenvalue weighted by molar-refractivity contribution is -0.148. The molecule has 0 saturated heterocycles. The van der Waals surface area contributed by atoms with Crippen LogP contribution in [0.2, 0.25) is 0 Å². The highest BCUT2D eigenvalue weighted by Crippen LogP contribution is 2.53. The van der Waals surface area contributed by atoms with Crippen LogP contribution < -0.4 is 16.0 Å². The van der Waals surface area contributed by atoms with E-state index in [1.807, 2.05) is 25.1 Å². The Morgan fingerprint density at radius 2 is 1.80 bits per heavy atom. The Morgan fingerprint density at radius 1 is 1.15 bits per heavy atom. The van der Waals surface area contributed by atoms with E-state index in [0.717, 1.165) is 18.5 Å². The Labute approximate surface area is 239 Å². The third-order valence-electron chi connectivity index (χ3n) is 9.82. The van der Waals surface area contributed by atoms with Gasteiger partial charge in [0.1, 0.15) is 22.8 Å². The number of nitrogens with one attached hydrogen (secondary N) is 1. The molecule has 0 aromatic heterocycles. The van der Waals surface area contributed by atoms with Crippen molar-refractivity contribution in [3.63, 3.8) is 0 Å². The second-order valence-corrected chi connectivity index (χ2v) is 13.1. The van der Waals surface area contributed by atoms with Crippen LogP contribution in [0.15, 0.2) is 28.7 Å². The van der Waals surface area contributed by atoms with E-state index in [1.165, 1.54) is 4.90 Å². The maximum Gasteiger partial charge on any atom is 0.255 e. The standard InChI is InChI=1S/C30H40N4O7/c1-29(2)8-7-18(29)32-12-14-11-17(33(3)4)15-9-13-10-16-22(34(5)6)25(37)21(28(31)40)27(39)30(16,41)26(38)19(13)24(36)20(15)23(14)35/h11,13,16,18,22,32,35,37-38,41H,7-10,12H2,1-6H3,(H2,31,40)/t13-,16-,18?,22-,30-/m0/s1.